The van der Waals surface area contributed by atoms with Crippen LogP contribution in [-0.4, -0.2) is 29.4 Å². The Morgan fingerprint density at radius 2 is 2.05 bits per heavy atom. The van der Waals surface area contributed by atoms with E-state index < -0.39 is 0 Å². The second kappa shape index (κ2) is 8.47. The van der Waals surface area contributed by atoms with Crippen LogP contribution in [0.4, 0.5) is 0 Å². The number of ether oxygens (including phenoxy) is 2. The van der Waals surface area contributed by atoms with Crippen LogP contribution in [0.3, 0.4) is 0 Å². The third-order valence-corrected chi connectivity index (χ3v) is 3.60. The third kappa shape index (κ3) is 4.90. The fourth-order valence-corrected chi connectivity index (χ4v) is 2.14. The van der Waals surface area contributed by atoms with Crippen LogP contribution in [0.1, 0.15) is 31.7 Å². The first-order valence-corrected chi connectivity index (χ1v) is 7.56. The molecule has 1 aromatic carbocycles. The predicted octanol–water partition coefficient (Wildman–Crippen LogP) is 3.49. The van der Waals surface area contributed by atoms with Gasteiger partial charge in [0.05, 0.1) is 19.5 Å². The fraction of sp³-hybridized carbons (Fsp3) is 0.471. The summed E-state index contributed by atoms with van der Waals surface area (Å²) >= 11 is 0. The number of aromatic nitrogens is 2. The molecular formula is C17H24N2O2. The van der Waals surface area contributed by atoms with E-state index in [1.54, 1.807) is 12.5 Å². The maximum atomic E-state index is 5.85. The van der Waals surface area contributed by atoms with Gasteiger partial charge in [0.2, 0.25) is 0 Å². The summed E-state index contributed by atoms with van der Waals surface area (Å²) in [7, 11) is 0. The summed E-state index contributed by atoms with van der Waals surface area (Å²) in [4.78, 5) is 3.99. The normalized spacial score (nSPS) is 12.3. The number of hydrogen-bond donors (Lipinski definition) is 0. The number of para-hydroxylation sites is 1. The molecule has 0 aliphatic rings. The van der Waals surface area contributed by atoms with Crippen LogP contribution in [-0.2, 0) is 11.3 Å². The molecule has 0 bridgehead atoms. The van der Waals surface area contributed by atoms with Gasteiger partial charge in [0.1, 0.15) is 12.4 Å². The molecule has 1 atom stereocenters. The Labute approximate surface area is 126 Å². The van der Waals surface area contributed by atoms with E-state index in [-0.39, 0.29) is 0 Å². The molecule has 0 unspecified atom stereocenters. The van der Waals surface area contributed by atoms with E-state index in [9.17, 15) is 0 Å². The fourth-order valence-electron chi connectivity index (χ4n) is 2.14. The highest BCUT2D eigenvalue weighted by Crippen LogP contribution is 2.28. The van der Waals surface area contributed by atoms with E-state index in [0.717, 1.165) is 18.7 Å². The Hall–Kier alpha value is -1.81. The van der Waals surface area contributed by atoms with Gasteiger partial charge >= 0.3 is 0 Å². The average molecular weight is 288 g/mol. The minimum Gasteiger partial charge on any atom is -0.491 e. The van der Waals surface area contributed by atoms with Gasteiger partial charge in [0.15, 0.2) is 0 Å². The number of nitrogens with zero attached hydrogens (tertiary/aromatic N) is 2. The van der Waals surface area contributed by atoms with Gasteiger partial charge in [-0.15, -0.1) is 0 Å². The minimum atomic E-state index is 0.517. The lowest BCUT2D eigenvalue weighted by molar-refractivity contribution is 0.0939. The monoisotopic (exact) mass is 288 g/mol. The summed E-state index contributed by atoms with van der Waals surface area (Å²) in [5.41, 5.74) is 1.28. The molecule has 0 amide bonds. The molecule has 0 saturated carbocycles. The molecule has 114 valence electrons. The van der Waals surface area contributed by atoms with Crippen molar-refractivity contribution in [2.24, 2.45) is 0 Å². The molecule has 4 heteroatoms. The van der Waals surface area contributed by atoms with E-state index >= 15 is 0 Å². The highest BCUT2D eigenvalue weighted by atomic mass is 16.5. The first-order valence-electron chi connectivity index (χ1n) is 7.56. The van der Waals surface area contributed by atoms with Gasteiger partial charge in [-0.25, -0.2) is 4.98 Å². The van der Waals surface area contributed by atoms with Crippen molar-refractivity contribution in [1.29, 1.82) is 0 Å². The number of benzene rings is 1. The van der Waals surface area contributed by atoms with Crippen LogP contribution in [0.25, 0.3) is 0 Å². The molecule has 21 heavy (non-hydrogen) atoms. The topological polar surface area (TPSA) is 36.3 Å². The van der Waals surface area contributed by atoms with Crippen LogP contribution < -0.4 is 4.74 Å². The highest BCUT2D eigenvalue weighted by Gasteiger charge is 2.09. The summed E-state index contributed by atoms with van der Waals surface area (Å²) in [6, 6.07) is 8.26. The molecule has 0 spiro atoms. The predicted molar refractivity (Wildman–Crippen MR) is 83.7 cm³/mol. The van der Waals surface area contributed by atoms with Crippen molar-refractivity contribution in [2.75, 3.05) is 19.8 Å². The summed E-state index contributed by atoms with van der Waals surface area (Å²) in [5.74, 6) is 1.49. The van der Waals surface area contributed by atoms with Gasteiger partial charge in [-0.2, -0.15) is 0 Å². The summed E-state index contributed by atoms with van der Waals surface area (Å²) in [6.45, 7) is 7.10. The average Bonchev–Trinajstić information content (AvgIpc) is 3.03. The van der Waals surface area contributed by atoms with Crippen molar-refractivity contribution in [2.45, 2.75) is 32.7 Å². The van der Waals surface area contributed by atoms with Crippen LogP contribution in [0.2, 0.25) is 0 Å². The number of rotatable bonds is 9. The van der Waals surface area contributed by atoms with Gasteiger partial charge < -0.3 is 14.0 Å². The van der Waals surface area contributed by atoms with Crippen molar-refractivity contribution < 1.29 is 9.47 Å². The van der Waals surface area contributed by atoms with Crippen LogP contribution in [0.5, 0.6) is 5.75 Å². The van der Waals surface area contributed by atoms with E-state index in [1.165, 1.54) is 5.56 Å². The van der Waals surface area contributed by atoms with Crippen molar-refractivity contribution in [3.8, 4) is 5.75 Å². The summed E-state index contributed by atoms with van der Waals surface area (Å²) in [6.07, 6.45) is 6.61. The SMILES string of the molecule is CC[C@@H](C)c1ccccc1OCCOCCn1ccnc1. The van der Waals surface area contributed by atoms with Gasteiger partial charge in [0.25, 0.3) is 0 Å². The van der Waals surface area contributed by atoms with Crippen LogP contribution in [0, 0.1) is 0 Å². The molecule has 0 N–H and O–H groups in total. The van der Waals surface area contributed by atoms with Crippen LogP contribution in [0.15, 0.2) is 43.0 Å². The zero-order valence-corrected chi connectivity index (χ0v) is 12.9. The largest absolute Gasteiger partial charge is 0.491 e. The van der Waals surface area contributed by atoms with E-state index in [1.807, 2.05) is 22.9 Å². The minimum absolute atomic E-state index is 0.517. The second-order valence-electron chi connectivity index (χ2n) is 5.11. The van der Waals surface area contributed by atoms with E-state index in [0.29, 0.717) is 25.7 Å². The lowest BCUT2D eigenvalue weighted by Crippen LogP contribution is -2.11. The Balaban J connectivity index is 1.69. The number of hydrogen-bond acceptors (Lipinski definition) is 3. The molecule has 0 saturated heterocycles. The third-order valence-electron chi connectivity index (χ3n) is 3.60. The molecule has 0 aliphatic heterocycles. The smallest absolute Gasteiger partial charge is 0.122 e. The zero-order valence-electron chi connectivity index (χ0n) is 12.9. The van der Waals surface area contributed by atoms with Gasteiger partial charge in [-0.05, 0) is 24.0 Å². The van der Waals surface area contributed by atoms with E-state index in [2.05, 4.69) is 31.0 Å². The number of imidazole rings is 1. The van der Waals surface area contributed by atoms with Gasteiger partial charge in [-0.1, -0.05) is 32.0 Å². The van der Waals surface area contributed by atoms with Crippen LogP contribution >= 0.6 is 0 Å². The maximum Gasteiger partial charge on any atom is 0.122 e. The molecule has 0 radical (unpaired) electrons. The molecule has 1 heterocycles. The second-order valence-corrected chi connectivity index (χ2v) is 5.11. The lowest BCUT2D eigenvalue weighted by Gasteiger charge is -2.15. The molecule has 2 aromatic rings. The molecule has 2 rings (SSSR count). The summed E-state index contributed by atoms with van der Waals surface area (Å²) < 4.78 is 13.4. The van der Waals surface area contributed by atoms with Gasteiger partial charge in [0, 0.05) is 18.9 Å². The zero-order chi connectivity index (χ0) is 14.9. The first-order chi connectivity index (χ1) is 10.3. The van der Waals surface area contributed by atoms with Crippen molar-refractivity contribution in [3.05, 3.63) is 48.5 Å². The molecule has 0 fully saturated rings. The Morgan fingerprint density at radius 1 is 1.19 bits per heavy atom. The summed E-state index contributed by atoms with van der Waals surface area (Å²) in [5, 5.41) is 0. The molecular weight excluding hydrogens is 264 g/mol. The Bertz CT molecular complexity index is 511. The lowest BCUT2D eigenvalue weighted by atomic mass is 9.98. The Kier molecular flexibility index (Phi) is 6.28. The van der Waals surface area contributed by atoms with Crippen molar-refractivity contribution in [1.82, 2.24) is 9.55 Å². The first kappa shape index (κ1) is 15.6. The molecule has 0 aliphatic carbocycles. The Morgan fingerprint density at radius 3 is 2.81 bits per heavy atom. The van der Waals surface area contributed by atoms with Crippen molar-refractivity contribution in [3.63, 3.8) is 0 Å². The molecule has 1 aromatic heterocycles. The molecule has 4 nitrogen and oxygen atoms in total. The maximum absolute atomic E-state index is 5.85. The van der Waals surface area contributed by atoms with E-state index in [4.69, 9.17) is 9.47 Å². The standard InChI is InChI=1S/C17H24N2O2/c1-3-15(2)16-6-4-5-7-17(16)21-13-12-20-11-10-19-9-8-18-14-19/h4-9,14-15H,3,10-13H2,1-2H3/t15-/m1/s1. The quantitative estimate of drug-likeness (QED) is 0.663. The highest BCUT2D eigenvalue weighted by molar-refractivity contribution is 5.35. The van der Waals surface area contributed by atoms with Gasteiger partial charge in [-0.3, -0.25) is 0 Å². The van der Waals surface area contributed by atoms with Crippen molar-refractivity contribution >= 4 is 0 Å².